The van der Waals surface area contributed by atoms with Crippen molar-refractivity contribution in [2.75, 3.05) is 6.54 Å². The summed E-state index contributed by atoms with van der Waals surface area (Å²) in [5.41, 5.74) is 3.62. The second-order valence-electron chi connectivity index (χ2n) is 9.23. The summed E-state index contributed by atoms with van der Waals surface area (Å²) < 4.78 is 0. The van der Waals surface area contributed by atoms with Crippen LogP contribution in [0.15, 0.2) is 72.8 Å². The Balaban J connectivity index is 1.98. The standard InChI is InChI=1S/C29H32Cl2N2O2/c1-20(2)18-32-29(35)27(16-22-8-5-4-6-9-22)33(19-23-14-12-21(3)13-15-23)28(34)17-24-25(30)10-7-11-26(24)31/h4-15,20,27H,16-19H2,1-3H3,(H,32,35)/t27-/m1/s1. The van der Waals surface area contributed by atoms with Crippen molar-refractivity contribution in [3.05, 3.63) is 105 Å². The Labute approximate surface area is 218 Å². The van der Waals surface area contributed by atoms with Crippen LogP contribution in [0.1, 0.15) is 36.1 Å². The predicted octanol–water partition coefficient (Wildman–Crippen LogP) is 6.26. The van der Waals surface area contributed by atoms with Crippen LogP contribution >= 0.6 is 23.2 Å². The molecule has 35 heavy (non-hydrogen) atoms. The van der Waals surface area contributed by atoms with Crippen LogP contribution in [0.3, 0.4) is 0 Å². The lowest BCUT2D eigenvalue weighted by Gasteiger charge is -2.32. The molecule has 0 aromatic heterocycles. The summed E-state index contributed by atoms with van der Waals surface area (Å²) in [6.45, 7) is 6.94. The maximum atomic E-state index is 13.8. The van der Waals surface area contributed by atoms with E-state index in [4.69, 9.17) is 23.2 Å². The molecule has 3 aromatic carbocycles. The Kier molecular flexibility index (Phi) is 9.76. The molecule has 3 aromatic rings. The van der Waals surface area contributed by atoms with Gasteiger partial charge in [0.1, 0.15) is 6.04 Å². The van der Waals surface area contributed by atoms with Crippen LogP contribution in [0.5, 0.6) is 0 Å². The number of carbonyl (C=O) groups excluding carboxylic acids is 2. The van der Waals surface area contributed by atoms with E-state index < -0.39 is 6.04 Å². The maximum Gasteiger partial charge on any atom is 0.243 e. The number of amides is 2. The first-order valence-electron chi connectivity index (χ1n) is 11.8. The molecule has 184 valence electrons. The Morgan fingerprint density at radius 3 is 2.09 bits per heavy atom. The van der Waals surface area contributed by atoms with Gasteiger partial charge in [0.25, 0.3) is 0 Å². The highest BCUT2D eigenvalue weighted by Gasteiger charge is 2.31. The number of aryl methyl sites for hydroxylation is 1. The third-order valence-electron chi connectivity index (χ3n) is 5.82. The van der Waals surface area contributed by atoms with Gasteiger partial charge < -0.3 is 10.2 Å². The number of hydrogen-bond donors (Lipinski definition) is 1. The minimum absolute atomic E-state index is 0.00706. The van der Waals surface area contributed by atoms with E-state index in [0.717, 1.165) is 16.7 Å². The minimum atomic E-state index is -0.689. The first-order valence-corrected chi connectivity index (χ1v) is 12.6. The van der Waals surface area contributed by atoms with E-state index in [2.05, 4.69) is 5.32 Å². The summed E-state index contributed by atoms with van der Waals surface area (Å²) in [5.74, 6) is -0.0889. The van der Waals surface area contributed by atoms with E-state index in [9.17, 15) is 9.59 Å². The molecule has 0 aliphatic carbocycles. The molecule has 4 nitrogen and oxygen atoms in total. The summed E-state index contributed by atoms with van der Waals surface area (Å²) in [7, 11) is 0. The van der Waals surface area contributed by atoms with Crippen LogP contribution < -0.4 is 5.32 Å². The van der Waals surface area contributed by atoms with Crippen LogP contribution in [0.2, 0.25) is 10.0 Å². The first-order chi connectivity index (χ1) is 16.7. The number of carbonyl (C=O) groups is 2. The smallest absolute Gasteiger partial charge is 0.243 e. The Morgan fingerprint density at radius 2 is 1.49 bits per heavy atom. The third-order valence-corrected chi connectivity index (χ3v) is 6.53. The molecular weight excluding hydrogens is 479 g/mol. The molecule has 6 heteroatoms. The molecule has 0 fully saturated rings. The average Bonchev–Trinajstić information content (AvgIpc) is 2.84. The highest BCUT2D eigenvalue weighted by atomic mass is 35.5. The monoisotopic (exact) mass is 510 g/mol. The van der Waals surface area contributed by atoms with E-state index in [0.29, 0.717) is 41.0 Å². The zero-order chi connectivity index (χ0) is 25.4. The van der Waals surface area contributed by atoms with Crippen LogP contribution in [0, 0.1) is 12.8 Å². The van der Waals surface area contributed by atoms with Crippen LogP contribution in [-0.4, -0.2) is 29.3 Å². The first kappa shape index (κ1) is 26.8. The molecule has 2 amide bonds. The van der Waals surface area contributed by atoms with Crippen LogP contribution in [0.4, 0.5) is 0 Å². The van der Waals surface area contributed by atoms with Crippen LogP contribution in [-0.2, 0) is 29.0 Å². The fraction of sp³-hybridized carbons (Fsp3) is 0.310. The molecule has 3 rings (SSSR count). The van der Waals surface area contributed by atoms with E-state index in [1.165, 1.54) is 0 Å². The summed E-state index contributed by atoms with van der Waals surface area (Å²) in [6, 6.07) is 22.3. The van der Waals surface area contributed by atoms with Gasteiger partial charge in [0, 0.05) is 29.6 Å². The second kappa shape index (κ2) is 12.8. The number of benzene rings is 3. The summed E-state index contributed by atoms with van der Waals surface area (Å²) >= 11 is 12.8. The summed E-state index contributed by atoms with van der Waals surface area (Å²) in [5, 5.41) is 3.90. The highest BCUT2D eigenvalue weighted by Crippen LogP contribution is 2.26. The largest absolute Gasteiger partial charge is 0.354 e. The summed E-state index contributed by atoms with van der Waals surface area (Å²) in [4.78, 5) is 28.9. The van der Waals surface area contributed by atoms with Gasteiger partial charge in [-0.25, -0.2) is 0 Å². The van der Waals surface area contributed by atoms with Gasteiger partial charge in [-0.3, -0.25) is 9.59 Å². The predicted molar refractivity (Wildman–Crippen MR) is 144 cm³/mol. The van der Waals surface area contributed by atoms with E-state index >= 15 is 0 Å². The molecule has 0 aliphatic rings. The van der Waals surface area contributed by atoms with E-state index in [1.54, 1.807) is 23.1 Å². The molecular formula is C29H32Cl2N2O2. The molecule has 0 unspecified atom stereocenters. The molecule has 0 spiro atoms. The quantitative estimate of drug-likeness (QED) is 0.350. The maximum absolute atomic E-state index is 13.8. The number of halogens is 2. The van der Waals surface area contributed by atoms with Gasteiger partial charge in [0.05, 0.1) is 6.42 Å². The van der Waals surface area contributed by atoms with Gasteiger partial charge in [0.15, 0.2) is 0 Å². The lowest BCUT2D eigenvalue weighted by atomic mass is 10.0. The average molecular weight is 511 g/mol. The van der Waals surface area contributed by atoms with Crippen molar-refractivity contribution in [3.63, 3.8) is 0 Å². The zero-order valence-corrected chi connectivity index (χ0v) is 21.9. The molecule has 0 heterocycles. The van der Waals surface area contributed by atoms with E-state index in [-0.39, 0.29) is 18.2 Å². The van der Waals surface area contributed by atoms with Gasteiger partial charge >= 0.3 is 0 Å². The topological polar surface area (TPSA) is 49.4 Å². The van der Waals surface area contributed by atoms with Gasteiger partial charge in [-0.05, 0) is 41.7 Å². The van der Waals surface area contributed by atoms with Crippen molar-refractivity contribution in [2.45, 2.75) is 46.2 Å². The van der Waals surface area contributed by atoms with Crippen molar-refractivity contribution in [3.8, 4) is 0 Å². The molecule has 0 bridgehead atoms. The summed E-state index contributed by atoms with van der Waals surface area (Å²) in [6.07, 6.45) is 0.408. The number of hydrogen-bond acceptors (Lipinski definition) is 2. The molecule has 0 radical (unpaired) electrons. The fourth-order valence-electron chi connectivity index (χ4n) is 3.82. The van der Waals surface area contributed by atoms with Crippen LogP contribution in [0.25, 0.3) is 0 Å². The van der Waals surface area contributed by atoms with Gasteiger partial charge in [-0.2, -0.15) is 0 Å². The Hall–Kier alpha value is -2.82. The lowest BCUT2D eigenvalue weighted by molar-refractivity contribution is -0.140. The normalized spacial score (nSPS) is 11.8. The Morgan fingerprint density at radius 1 is 0.857 bits per heavy atom. The van der Waals surface area contributed by atoms with Gasteiger partial charge in [0.2, 0.25) is 11.8 Å². The number of rotatable bonds is 10. The SMILES string of the molecule is Cc1ccc(CN(C(=O)Cc2c(Cl)cccc2Cl)[C@H](Cc2ccccc2)C(=O)NCC(C)C)cc1. The molecule has 1 N–H and O–H groups in total. The van der Waals surface area contributed by atoms with Crippen molar-refractivity contribution >= 4 is 35.0 Å². The lowest BCUT2D eigenvalue weighted by Crippen LogP contribution is -2.51. The molecule has 1 atom stereocenters. The molecule has 0 aliphatic heterocycles. The van der Waals surface area contributed by atoms with Crippen molar-refractivity contribution in [2.24, 2.45) is 5.92 Å². The van der Waals surface area contributed by atoms with Gasteiger partial charge in [-0.15, -0.1) is 0 Å². The highest BCUT2D eigenvalue weighted by molar-refractivity contribution is 6.36. The fourth-order valence-corrected chi connectivity index (χ4v) is 4.35. The zero-order valence-electron chi connectivity index (χ0n) is 20.4. The van der Waals surface area contributed by atoms with Gasteiger partial charge in [-0.1, -0.05) is 103 Å². The second-order valence-corrected chi connectivity index (χ2v) is 10.0. The van der Waals surface area contributed by atoms with Crippen molar-refractivity contribution < 1.29 is 9.59 Å². The number of nitrogens with zero attached hydrogens (tertiary/aromatic N) is 1. The minimum Gasteiger partial charge on any atom is -0.354 e. The van der Waals surface area contributed by atoms with Crippen molar-refractivity contribution in [1.29, 1.82) is 0 Å². The number of nitrogens with one attached hydrogen (secondary N) is 1. The van der Waals surface area contributed by atoms with Crippen molar-refractivity contribution in [1.82, 2.24) is 10.2 Å². The molecule has 0 saturated carbocycles. The Bertz CT molecular complexity index is 1110. The van der Waals surface area contributed by atoms with E-state index in [1.807, 2.05) is 75.4 Å². The molecule has 0 saturated heterocycles. The third kappa shape index (κ3) is 7.84.